The lowest BCUT2D eigenvalue weighted by molar-refractivity contribution is -0.114. The van der Waals surface area contributed by atoms with Crippen molar-refractivity contribution < 1.29 is 28.2 Å². The zero-order chi connectivity index (χ0) is 22.8. The number of amides is 2. The lowest BCUT2D eigenvalue weighted by Crippen LogP contribution is -2.24. The maximum atomic E-state index is 14.0. The first-order valence-electron chi connectivity index (χ1n) is 9.20. The second-order valence-electron chi connectivity index (χ2n) is 6.17. The summed E-state index contributed by atoms with van der Waals surface area (Å²) in [6.45, 7) is 0.330. The molecular weight excluding hydrogens is 410 g/mol. The quantitative estimate of drug-likeness (QED) is 0.208. The summed E-state index contributed by atoms with van der Waals surface area (Å²) < 4.78 is 32.9. The van der Waals surface area contributed by atoms with Crippen LogP contribution in [0.3, 0.4) is 0 Å². The highest BCUT2D eigenvalue weighted by Crippen LogP contribution is 2.16. The first kappa shape index (κ1) is 23.5. The molecule has 2 rings (SSSR count). The fraction of sp³-hybridized carbons (Fsp3) is 0.190. The number of rotatable bonds is 9. The number of primary amides is 1. The minimum absolute atomic E-state index is 0.0194. The summed E-state index contributed by atoms with van der Waals surface area (Å²) in [6, 6.07) is 9.49. The number of ether oxygens (including phenoxy) is 1. The molecule has 10 heteroatoms. The first-order chi connectivity index (χ1) is 14.9. The van der Waals surface area contributed by atoms with Gasteiger partial charge in [0.05, 0.1) is 7.11 Å². The van der Waals surface area contributed by atoms with Gasteiger partial charge in [-0.25, -0.2) is 13.8 Å². The molecule has 2 aromatic rings. The van der Waals surface area contributed by atoms with Gasteiger partial charge < -0.3 is 26.2 Å². The summed E-state index contributed by atoms with van der Waals surface area (Å²) in [5.74, 6) is -3.54. The number of hydrogen-bond acceptors (Lipinski definition) is 6. The van der Waals surface area contributed by atoms with E-state index in [1.165, 1.54) is 6.07 Å². The minimum Gasteiger partial charge on any atom is -0.480 e. The molecule has 0 saturated carbocycles. The van der Waals surface area contributed by atoms with Crippen molar-refractivity contribution in [2.24, 2.45) is 10.7 Å². The zero-order valence-electron chi connectivity index (χ0n) is 16.7. The molecule has 31 heavy (non-hydrogen) atoms. The van der Waals surface area contributed by atoms with Crippen LogP contribution >= 0.6 is 0 Å². The van der Waals surface area contributed by atoms with E-state index in [4.69, 9.17) is 15.6 Å². The summed E-state index contributed by atoms with van der Waals surface area (Å²) in [5, 5.41) is 14.2. The predicted octanol–water partition coefficient (Wildman–Crippen LogP) is 1.91. The van der Waals surface area contributed by atoms with Crippen molar-refractivity contribution in [3.05, 3.63) is 77.1 Å². The fourth-order valence-corrected chi connectivity index (χ4v) is 2.43. The van der Waals surface area contributed by atoms with Gasteiger partial charge in [0, 0.05) is 30.6 Å². The monoisotopic (exact) mass is 432 g/mol. The van der Waals surface area contributed by atoms with Gasteiger partial charge in [0.1, 0.15) is 22.9 Å². The van der Waals surface area contributed by atoms with Crippen LogP contribution in [-0.2, 0) is 9.53 Å². The van der Waals surface area contributed by atoms with E-state index in [1.807, 2.05) is 0 Å². The number of halogens is 2. The van der Waals surface area contributed by atoms with Crippen molar-refractivity contribution in [2.75, 3.05) is 25.6 Å². The molecule has 5 N–H and O–H groups in total. The zero-order valence-corrected chi connectivity index (χ0v) is 16.7. The number of carbonyl (C=O) groups is 2. The van der Waals surface area contributed by atoms with Crippen molar-refractivity contribution in [1.29, 1.82) is 0 Å². The number of carbonyl (C=O) groups excluding carboxylic acids is 2. The smallest absolute Gasteiger partial charge is 0.268 e. The van der Waals surface area contributed by atoms with Crippen molar-refractivity contribution in [1.82, 2.24) is 5.32 Å². The van der Waals surface area contributed by atoms with Gasteiger partial charge in [0.25, 0.3) is 11.8 Å². The van der Waals surface area contributed by atoms with Gasteiger partial charge >= 0.3 is 0 Å². The average Bonchev–Trinajstić information content (AvgIpc) is 2.75. The number of benzene rings is 2. The van der Waals surface area contributed by atoms with E-state index in [9.17, 15) is 18.4 Å². The molecule has 0 aromatic heterocycles. The third kappa shape index (κ3) is 6.61. The average molecular weight is 432 g/mol. The summed E-state index contributed by atoms with van der Waals surface area (Å²) in [4.78, 5) is 27.5. The Morgan fingerprint density at radius 2 is 1.81 bits per heavy atom. The highest BCUT2D eigenvalue weighted by molar-refractivity contribution is 6.00. The minimum atomic E-state index is -0.960. The predicted molar refractivity (Wildman–Crippen MR) is 111 cm³/mol. The van der Waals surface area contributed by atoms with Crippen molar-refractivity contribution in [3.63, 3.8) is 0 Å². The number of aliphatic imine (C=N–C) groups is 1. The fourth-order valence-electron chi connectivity index (χ4n) is 2.43. The Morgan fingerprint density at radius 1 is 1.16 bits per heavy atom. The van der Waals surface area contributed by atoms with E-state index in [2.05, 4.69) is 15.6 Å². The van der Waals surface area contributed by atoms with Crippen LogP contribution in [0.2, 0.25) is 0 Å². The lowest BCUT2D eigenvalue weighted by atomic mass is 10.2. The molecule has 0 saturated heterocycles. The molecule has 0 radical (unpaired) electrons. The van der Waals surface area contributed by atoms with Gasteiger partial charge in [0.15, 0.2) is 0 Å². The number of nitrogens with zero attached hydrogens (tertiary/aromatic N) is 1. The van der Waals surface area contributed by atoms with Crippen LogP contribution in [0.1, 0.15) is 22.3 Å². The van der Waals surface area contributed by atoms with E-state index >= 15 is 0 Å². The third-order valence-corrected chi connectivity index (χ3v) is 3.99. The molecule has 0 fully saturated rings. The van der Waals surface area contributed by atoms with E-state index < -0.39 is 29.0 Å². The molecule has 0 spiro atoms. The molecule has 0 bridgehead atoms. The molecule has 2 amide bonds. The molecule has 164 valence electrons. The molecule has 0 unspecified atom stereocenters. The molecule has 0 aliphatic carbocycles. The van der Waals surface area contributed by atoms with Crippen molar-refractivity contribution in [3.8, 4) is 0 Å². The van der Waals surface area contributed by atoms with Crippen LogP contribution < -0.4 is 16.4 Å². The van der Waals surface area contributed by atoms with Gasteiger partial charge in [-0.15, -0.1) is 0 Å². The maximum Gasteiger partial charge on any atom is 0.268 e. The standard InChI is InChI=1S/C21H22F2N4O4/c1-31-21(18-15(22)4-2-5-16(18)23)27-17(19(24)29)12-26-14-8-6-13(7-9-14)20(30)25-10-3-11-28/h2,4-9,12,26,28H,3,10-11H2,1H3,(H2,24,29)(H,25,30)/b17-12+,27-21-. The Bertz CT molecular complexity index is 971. The highest BCUT2D eigenvalue weighted by Gasteiger charge is 2.17. The second kappa shape index (κ2) is 11.4. The second-order valence-corrected chi connectivity index (χ2v) is 6.17. The maximum absolute atomic E-state index is 14.0. The topological polar surface area (TPSA) is 126 Å². The van der Waals surface area contributed by atoms with Gasteiger partial charge in [-0.3, -0.25) is 9.59 Å². The SMILES string of the molecule is CO/C(=N\C(=C\Nc1ccc(C(=O)NCCCO)cc1)C(N)=O)c1c(F)cccc1F. The molecule has 2 aromatic carbocycles. The molecule has 0 aliphatic heterocycles. The molecule has 8 nitrogen and oxygen atoms in total. The Kier molecular flexibility index (Phi) is 8.64. The number of aliphatic hydroxyl groups excluding tert-OH is 1. The van der Waals surface area contributed by atoms with Crippen LogP contribution in [0.15, 0.2) is 59.4 Å². The van der Waals surface area contributed by atoms with Crippen LogP contribution in [0.5, 0.6) is 0 Å². The largest absolute Gasteiger partial charge is 0.480 e. The number of methoxy groups -OCH3 is 1. The van der Waals surface area contributed by atoms with Crippen LogP contribution in [-0.4, -0.2) is 43.1 Å². The van der Waals surface area contributed by atoms with Gasteiger partial charge in [-0.2, -0.15) is 0 Å². The normalized spacial score (nSPS) is 11.7. The van der Waals surface area contributed by atoms with Gasteiger partial charge in [0.2, 0.25) is 5.90 Å². The third-order valence-electron chi connectivity index (χ3n) is 3.99. The Balaban J connectivity index is 2.20. The molecule has 0 atom stereocenters. The van der Waals surface area contributed by atoms with E-state index in [0.29, 0.717) is 24.2 Å². The van der Waals surface area contributed by atoms with Crippen LogP contribution in [0.25, 0.3) is 0 Å². The van der Waals surface area contributed by atoms with E-state index in [0.717, 1.165) is 25.4 Å². The van der Waals surface area contributed by atoms with E-state index in [1.54, 1.807) is 24.3 Å². The van der Waals surface area contributed by atoms with Crippen LogP contribution in [0.4, 0.5) is 14.5 Å². The molecule has 0 heterocycles. The number of nitrogens with one attached hydrogen (secondary N) is 2. The first-order valence-corrected chi connectivity index (χ1v) is 9.20. The van der Waals surface area contributed by atoms with E-state index in [-0.39, 0.29) is 18.2 Å². The van der Waals surface area contributed by atoms with Crippen molar-refractivity contribution in [2.45, 2.75) is 6.42 Å². The summed E-state index contributed by atoms with van der Waals surface area (Å²) >= 11 is 0. The Morgan fingerprint density at radius 3 is 2.35 bits per heavy atom. The number of aliphatic hydroxyl groups is 1. The number of anilines is 1. The highest BCUT2D eigenvalue weighted by atomic mass is 19.1. The van der Waals surface area contributed by atoms with Gasteiger partial charge in [-0.1, -0.05) is 6.07 Å². The molecular formula is C21H22F2N4O4. The number of nitrogens with two attached hydrogens (primary N) is 1. The van der Waals surface area contributed by atoms with Crippen LogP contribution in [0, 0.1) is 11.6 Å². The van der Waals surface area contributed by atoms with Crippen molar-refractivity contribution >= 4 is 23.4 Å². The molecule has 0 aliphatic rings. The lowest BCUT2D eigenvalue weighted by Gasteiger charge is -2.09. The summed E-state index contributed by atoms with van der Waals surface area (Å²) in [6.07, 6.45) is 1.60. The Labute approximate surface area is 177 Å². The Hall–Kier alpha value is -3.79. The van der Waals surface area contributed by atoms with Gasteiger partial charge in [-0.05, 0) is 42.8 Å². The summed E-state index contributed by atoms with van der Waals surface area (Å²) in [5.41, 5.74) is 5.33. The number of hydrogen-bond donors (Lipinski definition) is 4. The summed E-state index contributed by atoms with van der Waals surface area (Å²) in [7, 11) is 1.15.